The lowest BCUT2D eigenvalue weighted by atomic mass is 9.84. The average molecular weight is 443 g/mol. The number of unbranched alkanes of at least 4 members (excludes halogenated alkanes) is 3. The molecule has 178 valence electrons. The second-order valence-electron chi connectivity index (χ2n) is 9.55. The van der Waals surface area contributed by atoms with E-state index in [0.29, 0.717) is 24.1 Å². The molecule has 1 aliphatic rings. The maximum absolute atomic E-state index is 13.1. The second-order valence-corrected chi connectivity index (χ2v) is 9.55. The zero-order chi connectivity index (χ0) is 22.9. The molecule has 2 aromatic rings. The van der Waals surface area contributed by atoms with Crippen LogP contribution in [0.25, 0.3) is 11.0 Å². The highest BCUT2D eigenvalue weighted by Crippen LogP contribution is 2.32. The van der Waals surface area contributed by atoms with Crippen LogP contribution in [-0.4, -0.2) is 58.8 Å². The highest BCUT2D eigenvalue weighted by molar-refractivity contribution is 6.06. The fourth-order valence-corrected chi connectivity index (χ4v) is 4.77. The van der Waals surface area contributed by atoms with Gasteiger partial charge in [-0.1, -0.05) is 32.1 Å². The number of aromatic nitrogens is 3. The maximum atomic E-state index is 13.1. The molecular weight excluding hydrogens is 400 g/mol. The molecule has 2 heterocycles. The van der Waals surface area contributed by atoms with Crippen LogP contribution in [0.1, 0.15) is 82.0 Å². The summed E-state index contributed by atoms with van der Waals surface area (Å²) in [5.74, 6) is 0.599. The summed E-state index contributed by atoms with van der Waals surface area (Å²) >= 11 is 0. The molecular formula is C25H42N6O. The van der Waals surface area contributed by atoms with E-state index in [0.717, 1.165) is 42.7 Å². The normalized spacial score (nSPS) is 15.9. The Balaban J connectivity index is 1.68. The van der Waals surface area contributed by atoms with Crippen LogP contribution in [0.4, 0.5) is 5.69 Å². The fraction of sp³-hybridized carbons (Fsp3) is 0.720. The predicted molar refractivity (Wildman–Crippen MR) is 132 cm³/mol. The topological polar surface area (TPSA) is 75.1 Å². The predicted octanol–water partition coefficient (Wildman–Crippen LogP) is 4.68. The van der Waals surface area contributed by atoms with E-state index < -0.39 is 0 Å². The number of rotatable bonds is 12. The molecule has 0 aromatic carbocycles. The molecule has 32 heavy (non-hydrogen) atoms. The van der Waals surface area contributed by atoms with Gasteiger partial charge in [-0.05, 0) is 66.1 Å². The van der Waals surface area contributed by atoms with Crippen LogP contribution in [0.2, 0.25) is 0 Å². The number of aryl methyl sites for hydroxylation is 1. The van der Waals surface area contributed by atoms with E-state index in [1.54, 1.807) is 6.20 Å². The first-order chi connectivity index (χ1) is 15.5. The number of nitrogens with zero attached hydrogens (tertiary/aromatic N) is 4. The van der Waals surface area contributed by atoms with Crippen LogP contribution < -0.4 is 10.6 Å². The molecule has 1 amide bonds. The number of hydrogen-bond acceptors (Lipinski definition) is 5. The summed E-state index contributed by atoms with van der Waals surface area (Å²) in [6.07, 6.45) is 14.6. The van der Waals surface area contributed by atoms with E-state index in [2.05, 4.69) is 53.6 Å². The molecule has 2 aromatic heterocycles. The lowest BCUT2D eigenvalue weighted by molar-refractivity contribution is 0.0953. The minimum absolute atomic E-state index is 0.0460. The van der Waals surface area contributed by atoms with Crippen LogP contribution >= 0.6 is 0 Å². The van der Waals surface area contributed by atoms with Crippen LogP contribution in [-0.2, 0) is 6.54 Å². The van der Waals surface area contributed by atoms with Crippen molar-refractivity contribution in [2.75, 3.05) is 32.5 Å². The first kappa shape index (κ1) is 24.5. The zero-order valence-corrected chi connectivity index (χ0v) is 20.5. The standard InChI is InChI=1S/C25H42N6O/c1-5-31-24-21(18-28-31)23(29-19(2)20-13-9-8-10-14-20)22(17-27-24)25(32)26-15-11-6-7-12-16-30(3)4/h17-20H,5-16H2,1-4H3,(H,26,32)(H,27,29). The van der Waals surface area contributed by atoms with Crippen molar-refractivity contribution < 1.29 is 4.79 Å². The van der Waals surface area contributed by atoms with Gasteiger partial charge >= 0.3 is 0 Å². The van der Waals surface area contributed by atoms with E-state index in [4.69, 9.17) is 0 Å². The van der Waals surface area contributed by atoms with Crippen molar-refractivity contribution in [3.63, 3.8) is 0 Å². The van der Waals surface area contributed by atoms with Crippen molar-refractivity contribution in [2.45, 2.75) is 84.2 Å². The van der Waals surface area contributed by atoms with E-state index in [-0.39, 0.29) is 5.91 Å². The van der Waals surface area contributed by atoms with E-state index in [9.17, 15) is 4.79 Å². The van der Waals surface area contributed by atoms with Gasteiger partial charge in [0.25, 0.3) is 5.91 Å². The fourth-order valence-electron chi connectivity index (χ4n) is 4.77. The van der Waals surface area contributed by atoms with E-state index in [1.165, 1.54) is 44.9 Å². The monoisotopic (exact) mass is 442 g/mol. The molecule has 0 bridgehead atoms. The summed E-state index contributed by atoms with van der Waals surface area (Å²) in [7, 11) is 4.21. The molecule has 7 nitrogen and oxygen atoms in total. The highest BCUT2D eigenvalue weighted by atomic mass is 16.1. The highest BCUT2D eigenvalue weighted by Gasteiger charge is 2.24. The summed E-state index contributed by atoms with van der Waals surface area (Å²) in [5, 5.41) is 12.3. The number of carbonyl (C=O) groups is 1. The van der Waals surface area contributed by atoms with Gasteiger partial charge in [0, 0.05) is 25.3 Å². The largest absolute Gasteiger partial charge is 0.381 e. The molecule has 0 saturated heterocycles. The van der Waals surface area contributed by atoms with E-state index in [1.807, 2.05) is 10.9 Å². The molecule has 0 spiro atoms. The molecule has 0 radical (unpaired) electrons. The Morgan fingerprint density at radius 2 is 1.91 bits per heavy atom. The Kier molecular flexibility index (Phi) is 9.33. The third-order valence-corrected chi connectivity index (χ3v) is 6.76. The van der Waals surface area contributed by atoms with Crippen LogP contribution in [0.3, 0.4) is 0 Å². The molecule has 7 heteroatoms. The quantitative estimate of drug-likeness (QED) is 0.467. The molecule has 3 rings (SSSR count). The van der Waals surface area contributed by atoms with Crippen molar-refractivity contribution in [3.8, 4) is 0 Å². The van der Waals surface area contributed by atoms with Crippen molar-refractivity contribution in [1.82, 2.24) is 25.0 Å². The molecule has 1 unspecified atom stereocenters. The smallest absolute Gasteiger partial charge is 0.254 e. The van der Waals surface area contributed by atoms with Gasteiger partial charge in [-0.2, -0.15) is 5.10 Å². The Morgan fingerprint density at radius 1 is 1.16 bits per heavy atom. The molecule has 1 fully saturated rings. The number of pyridine rings is 1. The second kappa shape index (κ2) is 12.2. The van der Waals surface area contributed by atoms with Crippen LogP contribution in [0, 0.1) is 5.92 Å². The Hall–Kier alpha value is -2.15. The van der Waals surface area contributed by atoms with Crippen LogP contribution in [0.15, 0.2) is 12.4 Å². The van der Waals surface area contributed by atoms with E-state index >= 15 is 0 Å². The zero-order valence-electron chi connectivity index (χ0n) is 20.5. The molecule has 0 aliphatic heterocycles. The lowest BCUT2D eigenvalue weighted by Gasteiger charge is -2.29. The van der Waals surface area contributed by atoms with Crippen molar-refractivity contribution >= 4 is 22.6 Å². The van der Waals surface area contributed by atoms with Gasteiger partial charge in [0.15, 0.2) is 5.65 Å². The van der Waals surface area contributed by atoms with Gasteiger partial charge in [-0.3, -0.25) is 4.79 Å². The van der Waals surface area contributed by atoms with Crippen LogP contribution in [0.5, 0.6) is 0 Å². The molecule has 1 saturated carbocycles. The van der Waals surface area contributed by atoms with Gasteiger partial charge in [0.2, 0.25) is 0 Å². The SMILES string of the molecule is CCn1ncc2c(NC(C)C3CCCCC3)c(C(=O)NCCCCCCN(C)C)cnc21. The minimum atomic E-state index is -0.0460. The lowest BCUT2D eigenvalue weighted by Crippen LogP contribution is -2.30. The number of hydrogen-bond donors (Lipinski definition) is 2. The summed E-state index contributed by atoms with van der Waals surface area (Å²) in [6, 6.07) is 0.314. The van der Waals surface area contributed by atoms with Gasteiger partial charge in [0.05, 0.1) is 22.8 Å². The third kappa shape index (κ3) is 6.44. The number of fused-ring (bicyclic) bond motifs is 1. The first-order valence-electron chi connectivity index (χ1n) is 12.5. The Bertz CT molecular complexity index is 855. The van der Waals surface area contributed by atoms with Gasteiger partial charge in [-0.15, -0.1) is 0 Å². The summed E-state index contributed by atoms with van der Waals surface area (Å²) in [6.45, 7) is 6.89. The summed E-state index contributed by atoms with van der Waals surface area (Å²) < 4.78 is 1.89. The molecule has 1 atom stereocenters. The number of carbonyl (C=O) groups excluding carboxylic acids is 1. The molecule has 2 N–H and O–H groups in total. The van der Waals surface area contributed by atoms with Gasteiger partial charge in [-0.25, -0.2) is 9.67 Å². The number of anilines is 1. The van der Waals surface area contributed by atoms with Crippen molar-refractivity contribution in [1.29, 1.82) is 0 Å². The first-order valence-corrected chi connectivity index (χ1v) is 12.5. The Morgan fingerprint density at radius 3 is 2.62 bits per heavy atom. The van der Waals surface area contributed by atoms with Crippen molar-refractivity contribution in [2.24, 2.45) is 5.92 Å². The Labute approximate surface area is 193 Å². The summed E-state index contributed by atoms with van der Waals surface area (Å²) in [5.41, 5.74) is 2.35. The number of amides is 1. The van der Waals surface area contributed by atoms with Gasteiger partial charge in [0.1, 0.15) is 0 Å². The number of nitrogens with one attached hydrogen (secondary N) is 2. The minimum Gasteiger partial charge on any atom is -0.381 e. The van der Waals surface area contributed by atoms with Crippen molar-refractivity contribution in [3.05, 3.63) is 18.0 Å². The van der Waals surface area contributed by atoms with Gasteiger partial charge < -0.3 is 15.5 Å². The average Bonchev–Trinajstić information content (AvgIpc) is 3.22. The maximum Gasteiger partial charge on any atom is 0.254 e. The molecule has 1 aliphatic carbocycles. The summed E-state index contributed by atoms with van der Waals surface area (Å²) in [4.78, 5) is 19.9. The third-order valence-electron chi connectivity index (χ3n) is 6.76.